The van der Waals surface area contributed by atoms with Gasteiger partial charge in [0.2, 0.25) is 5.75 Å². The third kappa shape index (κ3) is 8.73. The van der Waals surface area contributed by atoms with Gasteiger partial charge in [0.1, 0.15) is 0 Å². The average Bonchev–Trinajstić information content (AvgIpc) is 2.76. The van der Waals surface area contributed by atoms with Crippen LogP contribution in [0.5, 0.6) is 17.2 Å². The van der Waals surface area contributed by atoms with E-state index in [9.17, 15) is 0 Å². The van der Waals surface area contributed by atoms with E-state index in [1.165, 1.54) is 6.42 Å². The second kappa shape index (κ2) is 15.4. The van der Waals surface area contributed by atoms with Gasteiger partial charge in [-0.15, -0.1) is 24.0 Å². The molecule has 0 spiro atoms. The van der Waals surface area contributed by atoms with Gasteiger partial charge in [0.15, 0.2) is 17.5 Å². The van der Waals surface area contributed by atoms with Crippen LogP contribution in [0.1, 0.15) is 25.3 Å². The highest BCUT2D eigenvalue weighted by atomic mass is 127. The quantitative estimate of drug-likeness (QED) is 0.195. The molecule has 172 valence electrons. The molecule has 1 saturated heterocycles. The summed E-state index contributed by atoms with van der Waals surface area (Å²) in [5.74, 6) is 2.68. The molecule has 1 aliphatic rings. The number of guanidine groups is 1. The number of methoxy groups -OCH3 is 3. The number of morpholine rings is 1. The van der Waals surface area contributed by atoms with E-state index in [-0.39, 0.29) is 24.0 Å². The van der Waals surface area contributed by atoms with Crippen molar-refractivity contribution in [3.8, 4) is 17.2 Å². The topological polar surface area (TPSA) is 76.6 Å². The fourth-order valence-corrected chi connectivity index (χ4v) is 3.23. The number of hydrogen-bond donors (Lipinski definition) is 2. The van der Waals surface area contributed by atoms with Gasteiger partial charge in [0.25, 0.3) is 0 Å². The molecule has 0 aliphatic carbocycles. The standard InChI is InChI=1S/C21H36N4O4.HI/c1-5-22-21(23-8-6-7-9-25-10-12-29-13-11-25)24-16-17-14-18(26-2)20(28-4)19(15-17)27-3;/h14-15H,5-13,16H2,1-4H3,(H2,22,23,24);1H. The summed E-state index contributed by atoms with van der Waals surface area (Å²) in [4.78, 5) is 7.16. The van der Waals surface area contributed by atoms with Crippen LogP contribution in [0.2, 0.25) is 0 Å². The Labute approximate surface area is 197 Å². The van der Waals surface area contributed by atoms with Crippen molar-refractivity contribution in [1.29, 1.82) is 0 Å². The van der Waals surface area contributed by atoms with E-state index in [1.807, 2.05) is 12.1 Å². The number of benzene rings is 1. The Morgan fingerprint density at radius 2 is 1.70 bits per heavy atom. The number of unbranched alkanes of at least 4 members (excludes halogenated alkanes) is 1. The van der Waals surface area contributed by atoms with E-state index in [0.29, 0.717) is 23.8 Å². The van der Waals surface area contributed by atoms with Gasteiger partial charge in [0.05, 0.1) is 41.1 Å². The van der Waals surface area contributed by atoms with Crippen LogP contribution >= 0.6 is 24.0 Å². The van der Waals surface area contributed by atoms with E-state index in [0.717, 1.165) is 63.9 Å². The smallest absolute Gasteiger partial charge is 0.203 e. The molecule has 1 aromatic carbocycles. The van der Waals surface area contributed by atoms with Crippen molar-refractivity contribution < 1.29 is 18.9 Å². The number of ether oxygens (including phenoxy) is 4. The van der Waals surface area contributed by atoms with Crippen molar-refractivity contribution in [2.24, 2.45) is 4.99 Å². The molecular weight excluding hydrogens is 499 g/mol. The predicted octanol–water partition coefficient (Wildman–Crippen LogP) is 2.50. The fourth-order valence-electron chi connectivity index (χ4n) is 3.23. The number of halogens is 1. The van der Waals surface area contributed by atoms with Gasteiger partial charge in [-0.3, -0.25) is 4.90 Å². The van der Waals surface area contributed by atoms with E-state index in [2.05, 4.69) is 22.5 Å². The van der Waals surface area contributed by atoms with Gasteiger partial charge < -0.3 is 29.6 Å². The lowest BCUT2D eigenvalue weighted by Crippen LogP contribution is -2.39. The summed E-state index contributed by atoms with van der Waals surface area (Å²) >= 11 is 0. The lowest BCUT2D eigenvalue weighted by Gasteiger charge is -2.26. The number of rotatable bonds is 11. The second-order valence-corrected chi connectivity index (χ2v) is 6.82. The van der Waals surface area contributed by atoms with Crippen LogP contribution < -0.4 is 24.8 Å². The predicted molar refractivity (Wildman–Crippen MR) is 131 cm³/mol. The van der Waals surface area contributed by atoms with Crippen LogP contribution in [0.25, 0.3) is 0 Å². The van der Waals surface area contributed by atoms with Gasteiger partial charge in [-0.1, -0.05) is 0 Å². The Hall–Kier alpha value is -1.46. The third-order valence-electron chi connectivity index (χ3n) is 4.79. The molecule has 30 heavy (non-hydrogen) atoms. The minimum Gasteiger partial charge on any atom is -0.493 e. The lowest BCUT2D eigenvalue weighted by molar-refractivity contribution is 0.0372. The summed E-state index contributed by atoms with van der Waals surface area (Å²) in [6.07, 6.45) is 2.27. The maximum Gasteiger partial charge on any atom is 0.203 e. The minimum absolute atomic E-state index is 0. The van der Waals surface area contributed by atoms with Crippen LogP contribution in [0.15, 0.2) is 17.1 Å². The molecule has 9 heteroatoms. The monoisotopic (exact) mass is 536 g/mol. The highest BCUT2D eigenvalue weighted by molar-refractivity contribution is 14.0. The largest absolute Gasteiger partial charge is 0.493 e. The fraction of sp³-hybridized carbons (Fsp3) is 0.667. The van der Waals surface area contributed by atoms with Gasteiger partial charge >= 0.3 is 0 Å². The first-order chi connectivity index (χ1) is 14.2. The second-order valence-electron chi connectivity index (χ2n) is 6.82. The molecule has 0 saturated carbocycles. The number of hydrogen-bond acceptors (Lipinski definition) is 6. The molecular formula is C21H37IN4O4. The zero-order valence-electron chi connectivity index (χ0n) is 18.7. The van der Waals surface area contributed by atoms with Gasteiger partial charge in [-0.25, -0.2) is 4.99 Å². The first-order valence-electron chi connectivity index (χ1n) is 10.3. The van der Waals surface area contributed by atoms with Gasteiger partial charge in [0, 0.05) is 26.2 Å². The lowest BCUT2D eigenvalue weighted by atomic mass is 10.2. The Balaban J connectivity index is 0.00000450. The highest BCUT2D eigenvalue weighted by Gasteiger charge is 2.13. The molecule has 0 unspecified atom stereocenters. The summed E-state index contributed by atoms with van der Waals surface area (Å²) < 4.78 is 21.6. The zero-order chi connectivity index (χ0) is 20.9. The van der Waals surface area contributed by atoms with Crippen molar-refractivity contribution in [2.75, 3.05) is 67.3 Å². The number of nitrogens with zero attached hydrogens (tertiary/aromatic N) is 2. The SMILES string of the molecule is CCNC(=NCc1cc(OC)c(OC)c(OC)c1)NCCCCN1CCOCC1.I. The van der Waals surface area contributed by atoms with Crippen LogP contribution in [0.3, 0.4) is 0 Å². The molecule has 0 radical (unpaired) electrons. The van der Waals surface area contributed by atoms with E-state index in [4.69, 9.17) is 23.9 Å². The van der Waals surface area contributed by atoms with Crippen LogP contribution in [0.4, 0.5) is 0 Å². The van der Waals surface area contributed by atoms with Gasteiger partial charge in [-0.05, 0) is 44.0 Å². The molecule has 0 aromatic heterocycles. The third-order valence-corrected chi connectivity index (χ3v) is 4.79. The average molecular weight is 536 g/mol. The molecule has 1 aliphatic heterocycles. The Kier molecular flexibility index (Phi) is 13.6. The first kappa shape index (κ1) is 26.6. The van der Waals surface area contributed by atoms with Crippen LogP contribution in [-0.4, -0.2) is 78.1 Å². The zero-order valence-corrected chi connectivity index (χ0v) is 21.0. The molecule has 1 heterocycles. The van der Waals surface area contributed by atoms with E-state index in [1.54, 1.807) is 21.3 Å². The summed E-state index contributed by atoms with van der Waals surface area (Å²) in [7, 11) is 4.84. The summed E-state index contributed by atoms with van der Waals surface area (Å²) in [5.41, 5.74) is 0.990. The Morgan fingerprint density at radius 3 is 2.27 bits per heavy atom. The van der Waals surface area contributed by atoms with Crippen LogP contribution in [-0.2, 0) is 11.3 Å². The maximum absolute atomic E-state index is 5.42. The first-order valence-corrected chi connectivity index (χ1v) is 10.3. The molecule has 1 fully saturated rings. The van der Waals surface area contributed by atoms with Crippen molar-refractivity contribution in [2.45, 2.75) is 26.3 Å². The maximum atomic E-state index is 5.42. The number of nitrogens with one attached hydrogen (secondary N) is 2. The van der Waals surface area contributed by atoms with E-state index < -0.39 is 0 Å². The van der Waals surface area contributed by atoms with Crippen molar-refractivity contribution in [3.63, 3.8) is 0 Å². The Morgan fingerprint density at radius 1 is 1.03 bits per heavy atom. The normalized spacial score (nSPS) is 14.6. The molecule has 2 N–H and O–H groups in total. The van der Waals surface area contributed by atoms with E-state index >= 15 is 0 Å². The summed E-state index contributed by atoms with van der Waals surface area (Å²) in [6, 6.07) is 3.85. The number of aliphatic imine (C=N–C) groups is 1. The molecule has 8 nitrogen and oxygen atoms in total. The molecule has 0 amide bonds. The van der Waals surface area contributed by atoms with Gasteiger partial charge in [-0.2, -0.15) is 0 Å². The molecule has 0 bridgehead atoms. The van der Waals surface area contributed by atoms with Crippen molar-refractivity contribution in [1.82, 2.24) is 15.5 Å². The summed E-state index contributed by atoms with van der Waals surface area (Å²) in [5, 5.41) is 6.71. The molecule has 1 aromatic rings. The molecule has 0 atom stereocenters. The van der Waals surface area contributed by atoms with Crippen LogP contribution in [0, 0.1) is 0 Å². The highest BCUT2D eigenvalue weighted by Crippen LogP contribution is 2.38. The minimum atomic E-state index is 0. The van der Waals surface area contributed by atoms with Crippen molar-refractivity contribution >= 4 is 29.9 Å². The Bertz CT molecular complexity index is 614. The van der Waals surface area contributed by atoms with Crippen molar-refractivity contribution in [3.05, 3.63) is 17.7 Å². The summed E-state index contributed by atoms with van der Waals surface area (Å²) in [6.45, 7) is 9.23. The molecule has 2 rings (SSSR count).